The van der Waals surface area contributed by atoms with Crippen molar-refractivity contribution in [2.24, 2.45) is 0 Å². The number of aryl methyl sites for hydroxylation is 1. The molecular weight excluding hydrogens is 233 g/mol. The van der Waals surface area contributed by atoms with Gasteiger partial charge < -0.3 is 0 Å². The number of fused-ring (bicyclic) bond motifs is 1. The van der Waals surface area contributed by atoms with Gasteiger partial charge in [-0.15, -0.1) is 11.3 Å². The summed E-state index contributed by atoms with van der Waals surface area (Å²) in [6.45, 7) is 1.77. The Bertz CT molecular complexity index is 688. The number of nitrogens with zero attached hydrogens (tertiary/aromatic N) is 1. The average Bonchev–Trinajstić information content (AvgIpc) is 2.79. The molecule has 0 saturated carbocycles. The maximum atomic E-state index is 13.5. The van der Waals surface area contributed by atoms with E-state index in [0.29, 0.717) is 5.56 Å². The lowest BCUT2D eigenvalue weighted by Crippen LogP contribution is -1.84. The summed E-state index contributed by atoms with van der Waals surface area (Å²) in [6, 6.07) is 11.3. The normalized spacial score (nSPS) is 10.9. The Kier molecular flexibility index (Phi) is 2.41. The second-order valence-corrected chi connectivity index (χ2v) is 4.89. The van der Waals surface area contributed by atoms with Gasteiger partial charge in [-0.1, -0.05) is 18.2 Å². The second kappa shape index (κ2) is 3.93. The molecular formula is C14H10FNS. The summed E-state index contributed by atoms with van der Waals surface area (Å²) in [5, 5.41) is 0. The number of halogens is 1. The summed E-state index contributed by atoms with van der Waals surface area (Å²) in [4.78, 5) is 4.23. The van der Waals surface area contributed by atoms with Gasteiger partial charge in [0.1, 0.15) is 5.82 Å². The predicted molar refractivity (Wildman–Crippen MR) is 69.8 cm³/mol. The number of benzene rings is 2. The van der Waals surface area contributed by atoms with Gasteiger partial charge in [-0.2, -0.15) is 0 Å². The summed E-state index contributed by atoms with van der Waals surface area (Å²) in [5.41, 5.74) is 5.42. The highest BCUT2D eigenvalue weighted by molar-refractivity contribution is 7.16. The summed E-state index contributed by atoms with van der Waals surface area (Å²) < 4.78 is 14.6. The Morgan fingerprint density at radius 3 is 2.65 bits per heavy atom. The van der Waals surface area contributed by atoms with Gasteiger partial charge >= 0.3 is 0 Å². The molecule has 3 rings (SSSR count). The van der Waals surface area contributed by atoms with Crippen molar-refractivity contribution in [1.29, 1.82) is 0 Å². The van der Waals surface area contributed by atoms with Crippen molar-refractivity contribution in [2.75, 3.05) is 0 Å². The van der Waals surface area contributed by atoms with Crippen LogP contribution in [0.4, 0.5) is 4.39 Å². The lowest BCUT2D eigenvalue weighted by molar-refractivity contribution is 0.619. The van der Waals surface area contributed by atoms with E-state index in [9.17, 15) is 4.39 Å². The van der Waals surface area contributed by atoms with Crippen LogP contribution in [0.3, 0.4) is 0 Å². The summed E-state index contributed by atoms with van der Waals surface area (Å²) >= 11 is 1.60. The zero-order valence-corrected chi connectivity index (χ0v) is 10.1. The van der Waals surface area contributed by atoms with Crippen LogP contribution in [-0.2, 0) is 0 Å². The monoisotopic (exact) mass is 243 g/mol. The van der Waals surface area contributed by atoms with Crippen LogP contribution in [0.2, 0.25) is 0 Å². The summed E-state index contributed by atoms with van der Waals surface area (Å²) in [5.74, 6) is -0.160. The number of thiazole rings is 1. The highest BCUT2D eigenvalue weighted by Crippen LogP contribution is 2.27. The van der Waals surface area contributed by atoms with Crippen LogP contribution >= 0.6 is 11.3 Å². The van der Waals surface area contributed by atoms with Crippen molar-refractivity contribution in [3.8, 4) is 11.1 Å². The largest absolute Gasteiger partial charge is 0.245 e. The minimum Gasteiger partial charge on any atom is -0.245 e. The van der Waals surface area contributed by atoms with E-state index in [2.05, 4.69) is 11.1 Å². The molecule has 0 aliphatic carbocycles. The van der Waals surface area contributed by atoms with Gasteiger partial charge in [0.15, 0.2) is 0 Å². The molecule has 2 aromatic carbocycles. The molecule has 3 aromatic rings. The standard InChI is InChI=1S/C14H10FNS/c1-9-2-3-10(6-12(9)15)11-4-5-13-14(7-11)17-8-16-13/h2-8H,1H3. The minimum atomic E-state index is -0.160. The van der Waals surface area contributed by atoms with Gasteiger partial charge in [-0.05, 0) is 41.8 Å². The van der Waals surface area contributed by atoms with Gasteiger partial charge in [-0.3, -0.25) is 0 Å². The number of hydrogen-bond donors (Lipinski definition) is 0. The van der Waals surface area contributed by atoms with Crippen LogP contribution in [0, 0.1) is 12.7 Å². The third kappa shape index (κ3) is 1.83. The number of hydrogen-bond acceptors (Lipinski definition) is 2. The Morgan fingerprint density at radius 2 is 1.82 bits per heavy atom. The molecule has 0 radical (unpaired) electrons. The molecule has 0 spiro atoms. The smallest absolute Gasteiger partial charge is 0.126 e. The van der Waals surface area contributed by atoms with Crippen LogP contribution in [0.5, 0.6) is 0 Å². The van der Waals surface area contributed by atoms with Crippen LogP contribution in [0.1, 0.15) is 5.56 Å². The fraction of sp³-hybridized carbons (Fsp3) is 0.0714. The highest BCUT2D eigenvalue weighted by Gasteiger charge is 2.04. The van der Waals surface area contributed by atoms with Crippen LogP contribution in [-0.4, -0.2) is 4.98 Å². The lowest BCUT2D eigenvalue weighted by Gasteiger charge is -2.03. The topological polar surface area (TPSA) is 12.9 Å². The van der Waals surface area contributed by atoms with Crippen LogP contribution in [0.15, 0.2) is 41.9 Å². The zero-order valence-electron chi connectivity index (χ0n) is 9.27. The van der Waals surface area contributed by atoms with E-state index in [1.165, 1.54) is 0 Å². The molecule has 0 amide bonds. The Morgan fingerprint density at radius 1 is 1.06 bits per heavy atom. The van der Waals surface area contributed by atoms with Crippen LogP contribution < -0.4 is 0 Å². The molecule has 0 atom stereocenters. The van der Waals surface area contributed by atoms with E-state index in [0.717, 1.165) is 21.3 Å². The molecule has 1 heterocycles. The minimum absolute atomic E-state index is 0.160. The maximum Gasteiger partial charge on any atom is 0.126 e. The first kappa shape index (κ1) is 10.4. The Hall–Kier alpha value is -1.74. The molecule has 1 nitrogen and oxygen atoms in total. The third-order valence-corrected chi connectivity index (χ3v) is 3.63. The molecule has 0 N–H and O–H groups in total. The molecule has 0 aliphatic heterocycles. The van der Waals surface area contributed by atoms with Crippen molar-refractivity contribution in [3.05, 3.63) is 53.3 Å². The molecule has 0 saturated heterocycles. The quantitative estimate of drug-likeness (QED) is 0.617. The summed E-state index contributed by atoms with van der Waals surface area (Å²) in [7, 11) is 0. The molecule has 0 aliphatic rings. The van der Waals surface area contributed by atoms with E-state index in [-0.39, 0.29) is 5.82 Å². The van der Waals surface area contributed by atoms with Crippen molar-refractivity contribution in [3.63, 3.8) is 0 Å². The Balaban J connectivity index is 2.16. The van der Waals surface area contributed by atoms with Crippen molar-refractivity contribution in [1.82, 2.24) is 4.98 Å². The first-order valence-corrected chi connectivity index (χ1v) is 6.22. The van der Waals surface area contributed by atoms with Crippen molar-refractivity contribution in [2.45, 2.75) is 6.92 Å². The molecule has 3 heteroatoms. The number of rotatable bonds is 1. The molecule has 0 unspecified atom stereocenters. The van der Waals surface area contributed by atoms with Gasteiger partial charge in [0, 0.05) is 0 Å². The van der Waals surface area contributed by atoms with Gasteiger partial charge in [-0.25, -0.2) is 9.37 Å². The molecule has 17 heavy (non-hydrogen) atoms. The van der Waals surface area contributed by atoms with Gasteiger partial charge in [0.25, 0.3) is 0 Å². The van der Waals surface area contributed by atoms with Gasteiger partial charge in [0.2, 0.25) is 0 Å². The van der Waals surface area contributed by atoms with E-state index < -0.39 is 0 Å². The van der Waals surface area contributed by atoms with E-state index in [1.807, 2.05) is 29.8 Å². The van der Waals surface area contributed by atoms with E-state index in [1.54, 1.807) is 24.3 Å². The maximum absolute atomic E-state index is 13.5. The fourth-order valence-corrected chi connectivity index (χ4v) is 2.52. The molecule has 1 aromatic heterocycles. The van der Waals surface area contributed by atoms with Gasteiger partial charge in [0.05, 0.1) is 15.7 Å². The average molecular weight is 243 g/mol. The van der Waals surface area contributed by atoms with Crippen molar-refractivity contribution < 1.29 is 4.39 Å². The Labute approximate surface area is 103 Å². The number of aromatic nitrogens is 1. The van der Waals surface area contributed by atoms with Crippen molar-refractivity contribution >= 4 is 21.6 Å². The molecule has 84 valence electrons. The second-order valence-electron chi connectivity index (χ2n) is 4.00. The first-order valence-electron chi connectivity index (χ1n) is 5.34. The summed E-state index contributed by atoms with van der Waals surface area (Å²) in [6.07, 6.45) is 0. The van der Waals surface area contributed by atoms with E-state index in [4.69, 9.17) is 0 Å². The van der Waals surface area contributed by atoms with E-state index >= 15 is 0 Å². The first-order chi connectivity index (χ1) is 8.24. The molecule has 0 fully saturated rings. The van der Waals surface area contributed by atoms with Crippen LogP contribution in [0.25, 0.3) is 21.3 Å². The SMILES string of the molecule is Cc1ccc(-c2ccc3ncsc3c2)cc1F. The third-order valence-electron chi connectivity index (χ3n) is 2.84. The fourth-order valence-electron chi connectivity index (χ4n) is 1.81. The predicted octanol–water partition coefficient (Wildman–Crippen LogP) is 4.41. The lowest BCUT2D eigenvalue weighted by atomic mass is 10.0. The zero-order chi connectivity index (χ0) is 11.8. The molecule has 0 bridgehead atoms. The highest BCUT2D eigenvalue weighted by atomic mass is 32.1.